The van der Waals surface area contributed by atoms with Gasteiger partial charge in [0.05, 0.1) is 6.04 Å². The standard InChI is InChI=1S/C21H30N4O/c1-13-8-17(13)21(26)24-18-5-4-15-6-7-25(19(18)10-15)20-11-16(22-12-23-20)9-14-2-3-14/h11-15,17-19H,2-10H2,1H3,(H,24,26)/t13-,15?,17-,18?,19?/m1/s1. The Balaban J connectivity index is 1.33. The summed E-state index contributed by atoms with van der Waals surface area (Å²) in [4.78, 5) is 24.1. The number of anilines is 1. The lowest BCUT2D eigenvalue weighted by molar-refractivity contribution is -0.123. The third-order valence-corrected chi connectivity index (χ3v) is 7.08. The molecule has 0 spiro atoms. The fourth-order valence-electron chi connectivity index (χ4n) is 5.03. The van der Waals surface area contributed by atoms with E-state index in [1.807, 2.05) is 0 Å². The maximum absolute atomic E-state index is 12.5. The van der Waals surface area contributed by atoms with Crippen LogP contribution in [0.1, 0.15) is 57.6 Å². The summed E-state index contributed by atoms with van der Waals surface area (Å²) in [5, 5.41) is 3.40. The second kappa shape index (κ2) is 6.50. The molecule has 1 aromatic heterocycles. The average Bonchev–Trinajstić information content (AvgIpc) is 3.56. The molecule has 0 aromatic carbocycles. The van der Waals surface area contributed by atoms with E-state index in [-0.39, 0.29) is 17.9 Å². The molecule has 5 atom stereocenters. The van der Waals surface area contributed by atoms with Crippen molar-refractivity contribution in [3.8, 4) is 0 Å². The summed E-state index contributed by atoms with van der Waals surface area (Å²) in [5.74, 6) is 3.83. The van der Waals surface area contributed by atoms with Crippen LogP contribution in [0.2, 0.25) is 0 Å². The molecule has 3 aliphatic carbocycles. The van der Waals surface area contributed by atoms with Gasteiger partial charge in [-0.2, -0.15) is 0 Å². The maximum atomic E-state index is 12.5. The monoisotopic (exact) mass is 354 g/mol. The van der Waals surface area contributed by atoms with Crippen LogP contribution in [-0.4, -0.2) is 34.5 Å². The Morgan fingerprint density at radius 1 is 1.19 bits per heavy atom. The largest absolute Gasteiger partial charge is 0.351 e. The lowest BCUT2D eigenvalue weighted by Gasteiger charge is -2.48. The molecule has 3 saturated carbocycles. The topological polar surface area (TPSA) is 58.1 Å². The average molecular weight is 354 g/mol. The number of fused-ring (bicyclic) bond motifs is 2. The van der Waals surface area contributed by atoms with Gasteiger partial charge in [0.25, 0.3) is 0 Å². The third kappa shape index (κ3) is 3.33. The van der Waals surface area contributed by atoms with Gasteiger partial charge in [-0.05, 0) is 69.1 Å². The van der Waals surface area contributed by atoms with Crippen molar-refractivity contribution in [1.29, 1.82) is 0 Å². The zero-order valence-corrected chi connectivity index (χ0v) is 15.7. The molecule has 1 aromatic rings. The third-order valence-electron chi connectivity index (χ3n) is 7.08. The van der Waals surface area contributed by atoms with Crippen LogP contribution in [0.5, 0.6) is 0 Å². The zero-order chi connectivity index (χ0) is 17.7. The van der Waals surface area contributed by atoms with Gasteiger partial charge in [-0.25, -0.2) is 9.97 Å². The molecule has 1 aliphatic heterocycles. The predicted octanol–water partition coefficient (Wildman–Crippen LogP) is 2.95. The molecule has 2 bridgehead atoms. The number of amides is 1. The first-order valence-electron chi connectivity index (χ1n) is 10.6. The van der Waals surface area contributed by atoms with Crippen molar-refractivity contribution in [2.24, 2.45) is 23.7 Å². The first-order valence-corrected chi connectivity index (χ1v) is 10.6. The summed E-state index contributed by atoms with van der Waals surface area (Å²) in [6.45, 7) is 3.23. The van der Waals surface area contributed by atoms with Crippen molar-refractivity contribution in [3.63, 3.8) is 0 Å². The molecule has 5 nitrogen and oxygen atoms in total. The van der Waals surface area contributed by atoms with Crippen LogP contribution in [0.3, 0.4) is 0 Å². The molecule has 0 radical (unpaired) electrons. The highest BCUT2D eigenvalue weighted by Crippen LogP contribution is 2.40. The number of rotatable bonds is 5. The summed E-state index contributed by atoms with van der Waals surface area (Å²) in [7, 11) is 0. The molecule has 1 N–H and O–H groups in total. The second-order valence-electron chi connectivity index (χ2n) is 9.18. The molecule has 1 saturated heterocycles. The Morgan fingerprint density at radius 2 is 2.04 bits per heavy atom. The lowest BCUT2D eigenvalue weighted by Crippen LogP contribution is -2.58. The van der Waals surface area contributed by atoms with Crippen molar-refractivity contribution in [2.75, 3.05) is 11.4 Å². The number of carbonyl (C=O) groups is 1. The maximum Gasteiger partial charge on any atom is 0.223 e. The van der Waals surface area contributed by atoms with Gasteiger partial charge >= 0.3 is 0 Å². The van der Waals surface area contributed by atoms with E-state index >= 15 is 0 Å². The zero-order valence-electron chi connectivity index (χ0n) is 15.7. The van der Waals surface area contributed by atoms with Crippen molar-refractivity contribution in [3.05, 3.63) is 18.1 Å². The number of aromatic nitrogens is 2. The molecule has 140 valence electrons. The van der Waals surface area contributed by atoms with Gasteiger partial charge in [0.1, 0.15) is 12.1 Å². The summed E-state index contributed by atoms with van der Waals surface area (Å²) < 4.78 is 0. The van der Waals surface area contributed by atoms with E-state index < -0.39 is 0 Å². The van der Waals surface area contributed by atoms with Crippen molar-refractivity contribution < 1.29 is 4.79 Å². The number of nitrogens with zero attached hydrogens (tertiary/aromatic N) is 3. The summed E-state index contributed by atoms with van der Waals surface area (Å²) >= 11 is 0. The molecule has 5 rings (SSSR count). The Bertz CT molecular complexity index is 688. The Hall–Kier alpha value is -1.65. The van der Waals surface area contributed by atoms with E-state index in [0.717, 1.165) is 43.5 Å². The van der Waals surface area contributed by atoms with Gasteiger partial charge in [-0.3, -0.25) is 4.79 Å². The van der Waals surface area contributed by atoms with E-state index in [0.29, 0.717) is 12.0 Å². The predicted molar refractivity (Wildman–Crippen MR) is 101 cm³/mol. The van der Waals surface area contributed by atoms with E-state index in [9.17, 15) is 4.79 Å². The number of carbonyl (C=O) groups excluding carboxylic acids is 1. The molecular formula is C21H30N4O. The first kappa shape index (κ1) is 16.5. The van der Waals surface area contributed by atoms with Crippen LogP contribution in [-0.2, 0) is 11.2 Å². The molecule has 2 heterocycles. The first-order chi connectivity index (χ1) is 12.7. The van der Waals surface area contributed by atoms with Crippen molar-refractivity contribution in [2.45, 2.75) is 70.4 Å². The minimum absolute atomic E-state index is 0.258. The van der Waals surface area contributed by atoms with Crippen LogP contribution in [0, 0.1) is 23.7 Å². The fourth-order valence-corrected chi connectivity index (χ4v) is 5.03. The second-order valence-corrected chi connectivity index (χ2v) is 9.18. The van der Waals surface area contributed by atoms with Crippen LogP contribution in [0.4, 0.5) is 5.82 Å². The SMILES string of the molecule is C[C@@H]1C[C@H]1C(=O)NC1CCC2CCN(c3cc(CC4CC4)ncn3)C1C2. The van der Waals surface area contributed by atoms with E-state index in [4.69, 9.17) is 0 Å². The number of nitrogens with one attached hydrogen (secondary N) is 1. The molecule has 3 unspecified atom stereocenters. The summed E-state index contributed by atoms with van der Waals surface area (Å²) in [6.07, 6.45) is 11.4. The molecule has 1 amide bonds. The van der Waals surface area contributed by atoms with Gasteiger partial charge in [0, 0.05) is 30.3 Å². The normalized spacial score (nSPS) is 35.9. The summed E-state index contributed by atoms with van der Waals surface area (Å²) in [5.41, 5.74) is 1.18. The van der Waals surface area contributed by atoms with Crippen molar-refractivity contribution in [1.82, 2.24) is 15.3 Å². The van der Waals surface area contributed by atoms with Crippen LogP contribution in [0.15, 0.2) is 12.4 Å². The van der Waals surface area contributed by atoms with E-state index in [1.165, 1.54) is 37.8 Å². The Kier molecular flexibility index (Phi) is 4.13. The molecule has 5 heteroatoms. The number of hydrogen-bond acceptors (Lipinski definition) is 4. The van der Waals surface area contributed by atoms with E-state index in [2.05, 4.69) is 33.2 Å². The lowest BCUT2D eigenvalue weighted by atomic mass is 9.76. The molecular weight excluding hydrogens is 324 g/mol. The number of piperidine rings is 1. The Labute approximate surface area is 156 Å². The molecule has 4 aliphatic rings. The smallest absolute Gasteiger partial charge is 0.223 e. The summed E-state index contributed by atoms with van der Waals surface area (Å²) in [6, 6.07) is 2.87. The van der Waals surface area contributed by atoms with Gasteiger partial charge in [0.2, 0.25) is 5.91 Å². The van der Waals surface area contributed by atoms with Crippen LogP contribution >= 0.6 is 0 Å². The molecule has 4 fully saturated rings. The highest BCUT2D eigenvalue weighted by molar-refractivity contribution is 5.81. The Morgan fingerprint density at radius 3 is 2.81 bits per heavy atom. The van der Waals surface area contributed by atoms with Crippen LogP contribution in [0.25, 0.3) is 0 Å². The highest BCUT2D eigenvalue weighted by Gasteiger charge is 2.43. The van der Waals surface area contributed by atoms with Gasteiger partial charge in [-0.15, -0.1) is 0 Å². The van der Waals surface area contributed by atoms with Crippen molar-refractivity contribution >= 4 is 11.7 Å². The fraction of sp³-hybridized carbons (Fsp3) is 0.762. The van der Waals surface area contributed by atoms with Gasteiger partial charge in [-0.1, -0.05) is 6.92 Å². The van der Waals surface area contributed by atoms with Crippen LogP contribution < -0.4 is 10.2 Å². The minimum Gasteiger partial charge on any atom is -0.351 e. The quantitative estimate of drug-likeness (QED) is 0.883. The van der Waals surface area contributed by atoms with E-state index in [1.54, 1.807) is 6.33 Å². The van der Waals surface area contributed by atoms with Gasteiger partial charge in [0.15, 0.2) is 0 Å². The number of hydrogen-bond donors (Lipinski definition) is 1. The van der Waals surface area contributed by atoms with Gasteiger partial charge < -0.3 is 10.2 Å². The molecule has 26 heavy (non-hydrogen) atoms. The minimum atomic E-state index is 0.258. The highest BCUT2D eigenvalue weighted by atomic mass is 16.2.